The van der Waals surface area contributed by atoms with E-state index in [4.69, 9.17) is 0 Å². The first-order valence-electron chi connectivity index (χ1n) is 5.06. The van der Waals surface area contributed by atoms with Gasteiger partial charge in [0, 0.05) is 0 Å². The van der Waals surface area contributed by atoms with E-state index >= 15 is 0 Å². The van der Waals surface area contributed by atoms with Gasteiger partial charge in [0.05, 0.1) is 5.60 Å². The summed E-state index contributed by atoms with van der Waals surface area (Å²) in [5.74, 6) is 0. The van der Waals surface area contributed by atoms with Gasteiger partial charge in [0.15, 0.2) is 0 Å². The first kappa shape index (κ1) is 11.7. The predicted molar refractivity (Wildman–Crippen MR) is 54.2 cm³/mol. The van der Waals surface area contributed by atoms with Gasteiger partial charge in [-0.1, -0.05) is 32.9 Å². The second kappa shape index (κ2) is 6.24. The Labute approximate surface area is 76.5 Å². The van der Waals surface area contributed by atoms with Crippen molar-refractivity contribution >= 4 is 0 Å². The summed E-state index contributed by atoms with van der Waals surface area (Å²) in [7, 11) is 0. The highest BCUT2D eigenvalue weighted by Crippen LogP contribution is 2.21. The summed E-state index contributed by atoms with van der Waals surface area (Å²) in [6.45, 7) is 6.22. The molecule has 0 aliphatic heterocycles. The van der Waals surface area contributed by atoms with Crippen LogP contribution in [-0.2, 0) is 0 Å². The van der Waals surface area contributed by atoms with Crippen molar-refractivity contribution in [2.24, 2.45) is 0 Å². The van der Waals surface area contributed by atoms with Gasteiger partial charge in [-0.25, -0.2) is 0 Å². The summed E-state index contributed by atoms with van der Waals surface area (Å²) in [6, 6.07) is 0. The number of allylic oxidation sites excluding steroid dienone is 2. The molecular weight excluding hydrogens is 148 g/mol. The fourth-order valence-corrected chi connectivity index (χ4v) is 1.24. The van der Waals surface area contributed by atoms with Crippen molar-refractivity contribution in [2.45, 2.75) is 58.5 Å². The third kappa shape index (κ3) is 4.55. The lowest BCUT2D eigenvalue weighted by Gasteiger charge is -2.24. The molecule has 0 aromatic carbocycles. The number of hydrogen-bond acceptors (Lipinski definition) is 1. The fraction of sp³-hybridized carbons (Fsp3) is 0.818. The van der Waals surface area contributed by atoms with Crippen LogP contribution in [0.4, 0.5) is 0 Å². The molecule has 0 heterocycles. The SMILES string of the molecule is CCC=CCCC(O)(CC)CC. The van der Waals surface area contributed by atoms with Crippen molar-refractivity contribution < 1.29 is 5.11 Å². The van der Waals surface area contributed by atoms with E-state index in [0.29, 0.717) is 0 Å². The quantitative estimate of drug-likeness (QED) is 0.606. The molecule has 1 heteroatoms. The minimum atomic E-state index is -0.419. The van der Waals surface area contributed by atoms with Crippen LogP contribution >= 0.6 is 0 Å². The average Bonchev–Trinajstić information content (AvgIpc) is 2.12. The van der Waals surface area contributed by atoms with Gasteiger partial charge >= 0.3 is 0 Å². The molecule has 0 unspecified atom stereocenters. The maximum Gasteiger partial charge on any atom is 0.0645 e. The molecule has 0 radical (unpaired) electrons. The molecule has 0 saturated carbocycles. The third-order valence-corrected chi connectivity index (χ3v) is 2.49. The Kier molecular flexibility index (Phi) is 6.09. The van der Waals surface area contributed by atoms with E-state index in [2.05, 4.69) is 19.1 Å². The molecule has 0 aromatic heterocycles. The van der Waals surface area contributed by atoms with Gasteiger partial charge in [0.25, 0.3) is 0 Å². The number of aliphatic hydroxyl groups is 1. The molecule has 1 nitrogen and oxygen atoms in total. The van der Waals surface area contributed by atoms with E-state index in [9.17, 15) is 5.11 Å². The normalized spacial score (nSPS) is 12.7. The Morgan fingerprint density at radius 3 is 2.08 bits per heavy atom. The Bertz CT molecular complexity index is 123. The Morgan fingerprint density at radius 1 is 1.08 bits per heavy atom. The van der Waals surface area contributed by atoms with Crippen molar-refractivity contribution in [1.29, 1.82) is 0 Å². The van der Waals surface area contributed by atoms with Crippen LogP contribution in [-0.4, -0.2) is 10.7 Å². The smallest absolute Gasteiger partial charge is 0.0645 e. The molecule has 72 valence electrons. The van der Waals surface area contributed by atoms with Crippen LogP contribution in [0, 0.1) is 0 Å². The highest BCUT2D eigenvalue weighted by molar-refractivity contribution is 4.84. The van der Waals surface area contributed by atoms with E-state index in [-0.39, 0.29) is 0 Å². The summed E-state index contributed by atoms with van der Waals surface area (Å²) in [5, 5.41) is 9.89. The van der Waals surface area contributed by atoms with Gasteiger partial charge in [0.1, 0.15) is 0 Å². The van der Waals surface area contributed by atoms with Crippen LogP contribution < -0.4 is 0 Å². The van der Waals surface area contributed by atoms with Crippen LogP contribution in [0.25, 0.3) is 0 Å². The van der Waals surface area contributed by atoms with E-state index < -0.39 is 5.60 Å². The zero-order valence-electron chi connectivity index (χ0n) is 8.64. The Balaban J connectivity index is 3.65. The molecule has 0 spiro atoms. The highest BCUT2D eigenvalue weighted by Gasteiger charge is 2.20. The molecule has 1 N–H and O–H groups in total. The lowest BCUT2D eigenvalue weighted by atomic mass is 9.92. The summed E-state index contributed by atoms with van der Waals surface area (Å²) >= 11 is 0. The number of rotatable bonds is 6. The molecule has 0 saturated heterocycles. The monoisotopic (exact) mass is 170 g/mol. The van der Waals surface area contributed by atoms with Gasteiger partial charge < -0.3 is 5.11 Å². The van der Waals surface area contributed by atoms with Gasteiger partial charge in [0.2, 0.25) is 0 Å². The van der Waals surface area contributed by atoms with Crippen LogP contribution in [0.5, 0.6) is 0 Å². The summed E-state index contributed by atoms with van der Waals surface area (Å²) < 4.78 is 0. The molecule has 0 fully saturated rings. The first-order chi connectivity index (χ1) is 5.68. The average molecular weight is 170 g/mol. The van der Waals surface area contributed by atoms with Crippen molar-refractivity contribution in [3.8, 4) is 0 Å². The highest BCUT2D eigenvalue weighted by atomic mass is 16.3. The maximum absolute atomic E-state index is 9.89. The Hall–Kier alpha value is -0.300. The minimum Gasteiger partial charge on any atom is -0.390 e. The molecule has 0 aliphatic rings. The maximum atomic E-state index is 9.89. The van der Waals surface area contributed by atoms with E-state index in [1.807, 2.05) is 13.8 Å². The van der Waals surface area contributed by atoms with Crippen LogP contribution in [0.1, 0.15) is 52.9 Å². The van der Waals surface area contributed by atoms with Crippen LogP contribution in [0.15, 0.2) is 12.2 Å². The lowest BCUT2D eigenvalue weighted by Crippen LogP contribution is -2.25. The standard InChI is InChI=1S/C11H22O/c1-4-7-8-9-10-11(12,5-2)6-3/h7-8,12H,4-6,9-10H2,1-3H3. The van der Waals surface area contributed by atoms with E-state index in [1.165, 1.54) is 0 Å². The van der Waals surface area contributed by atoms with Gasteiger partial charge in [-0.2, -0.15) is 0 Å². The molecule has 0 aliphatic carbocycles. The van der Waals surface area contributed by atoms with Crippen molar-refractivity contribution in [2.75, 3.05) is 0 Å². The molecule has 0 atom stereocenters. The molecule has 0 aromatic rings. The van der Waals surface area contributed by atoms with Crippen molar-refractivity contribution in [3.63, 3.8) is 0 Å². The topological polar surface area (TPSA) is 20.2 Å². The molecular formula is C11H22O. The zero-order chi connectivity index (χ0) is 9.45. The van der Waals surface area contributed by atoms with Crippen LogP contribution in [0.2, 0.25) is 0 Å². The summed E-state index contributed by atoms with van der Waals surface area (Å²) in [5.41, 5.74) is -0.419. The molecule has 0 rings (SSSR count). The molecule has 0 amide bonds. The van der Waals surface area contributed by atoms with Gasteiger partial charge in [-0.3, -0.25) is 0 Å². The van der Waals surface area contributed by atoms with Gasteiger partial charge in [-0.15, -0.1) is 0 Å². The molecule has 0 bridgehead atoms. The first-order valence-corrected chi connectivity index (χ1v) is 5.06. The van der Waals surface area contributed by atoms with Gasteiger partial charge in [-0.05, 0) is 32.1 Å². The zero-order valence-corrected chi connectivity index (χ0v) is 8.64. The summed E-state index contributed by atoms with van der Waals surface area (Å²) in [6.07, 6.45) is 9.05. The largest absolute Gasteiger partial charge is 0.390 e. The second-order valence-corrected chi connectivity index (χ2v) is 3.35. The van der Waals surface area contributed by atoms with Crippen molar-refractivity contribution in [1.82, 2.24) is 0 Å². The second-order valence-electron chi connectivity index (χ2n) is 3.35. The lowest BCUT2D eigenvalue weighted by molar-refractivity contribution is 0.0246. The Morgan fingerprint density at radius 2 is 1.67 bits per heavy atom. The third-order valence-electron chi connectivity index (χ3n) is 2.49. The number of hydrogen-bond donors (Lipinski definition) is 1. The summed E-state index contributed by atoms with van der Waals surface area (Å²) in [4.78, 5) is 0. The van der Waals surface area contributed by atoms with Crippen LogP contribution in [0.3, 0.4) is 0 Å². The predicted octanol–water partition coefficient (Wildman–Crippen LogP) is 3.28. The fourth-order valence-electron chi connectivity index (χ4n) is 1.24. The van der Waals surface area contributed by atoms with Crippen molar-refractivity contribution in [3.05, 3.63) is 12.2 Å². The minimum absolute atomic E-state index is 0.419. The van der Waals surface area contributed by atoms with E-state index in [1.54, 1.807) is 0 Å². The van der Waals surface area contributed by atoms with E-state index in [0.717, 1.165) is 32.1 Å². The molecule has 12 heavy (non-hydrogen) atoms.